The number of ether oxygens (including phenoxy) is 1. The Labute approximate surface area is 196 Å². The number of nitrogens with one attached hydrogen (secondary N) is 1. The Balaban J connectivity index is 0.00000320. The van der Waals surface area contributed by atoms with E-state index < -0.39 is 0 Å². The Morgan fingerprint density at radius 3 is 2.47 bits per heavy atom. The lowest BCUT2D eigenvalue weighted by molar-refractivity contribution is -0.140. The van der Waals surface area contributed by atoms with E-state index in [-0.39, 0.29) is 35.8 Å². The fraction of sp³-hybridized carbons (Fsp3) is 0.762. The fourth-order valence-corrected chi connectivity index (χ4v) is 4.19. The summed E-state index contributed by atoms with van der Waals surface area (Å²) in [5.74, 6) is 2.52. The zero-order valence-electron chi connectivity index (χ0n) is 18.4. The second kappa shape index (κ2) is 12.5. The molecule has 2 saturated heterocycles. The molecule has 170 valence electrons. The number of rotatable bonds is 6. The van der Waals surface area contributed by atoms with Crippen molar-refractivity contribution in [3.63, 3.8) is 0 Å². The first-order chi connectivity index (χ1) is 14.2. The molecule has 0 atom stereocenters. The van der Waals surface area contributed by atoms with Gasteiger partial charge in [0.15, 0.2) is 11.7 Å². The highest BCUT2D eigenvalue weighted by atomic mass is 127. The Hall–Kier alpha value is -1.36. The fourth-order valence-electron chi connectivity index (χ4n) is 4.19. The van der Waals surface area contributed by atoms with Crippen molar-refractivity contribution in [2.45, 2.75) is 52.0 Å². The molecule has 0 bridgehead atoms. The van der Waals surface area contributed by atoms with Gasteiger partial charge in [0.05, 0.1) is 25.5 Å². The molecule has 0 aromatic carbocycles. The number of morpholine rings is 1. The van der Waals surface area contributed by atoms with Crippen molar-refractivity contribution < 1.29 is 14.1 Å². The van der Waals surface area contributed by atoms with Crippen LogP contribution in [0.5, 0.6) is 0 Å². The van der Waals surface area contributed by atoms with Crippen molar-refractivity contribution >= 4 is 35.8 Å². The molecular weight excluding hydrogens is 497 g/mol. The SMILES string of the molecule is CCC(CC)c1cc(CNC(=NC)N2CCC(C(=O)N3CCOCC3)CC2)on1.I. The zero-order valence-corrected chi connectivity index (χ0v) is 20.8. The monoisotopic (exact) mass is 533 g/mol. The van der Waals surface area contributed by atoms with E-state index in [4.69, 9.17) is 9.26 Å². The second-order valence-corrected chi connectivity index (χ2v) is 7.83. The predicted molar refractivity (Wildman–Crippen MR) is 127 cm³/mol. The van der Waals surface area contributed by atoms with Crippen LogP contribution in [-0.4, -0.2) is 73.3 Å². The van der Waals surface area contributed by atoms with Crippen LogP contribution < -0.4 is 5.32 Å². The van der Waals surface area contributed by atoms with Crippen LogP contribution in [-0.2, 0) is 16.1 Å². The summed E-state index contributed by atoms with van der Waals surface area (Å²) in [5.41, 5.74) is 1.03. The highest BCUT2D eigenvalue weighted by Crippen LogP contribution is 2.23. The minimum atomic E-state index is 0. The standard InChI is InChI=1S/C21H35N5O3.HI/c1-4-16(5-2)19-14-18(29-24-19)15-23-21(22-3)26-8-6-17(7-9-26)20(27)25-10-12-28-13-11-25;/h14,16-17H,4-13,15H2,1-3H3,(H,22,23);1H. The molecule has 0 unspecified atom stereocenters. The molecule has 1 aromatic heterocycles. The molecule has 3 heterocycles. The molecule has 0 spiro atoms. The Morgan fingerprint density at radius 1 is 1.20 bits per heavy atom. The van der Waals surface area contributed by atoms with Crippen molar-refractivity contribution in [1.29, 1.82) is 0 Å². The molecule has 3 rings (SSSR count). The van der Waals surface area contributed by atoms with E-state index in [1.165, 1.54) is 0 Å². The van der Waals surface area contributed by atoms with E-state index in [0.717, 1.165) is 69.3 Å². The first kappa shape index (κ1) is 24.9. The van der Waals surface area contributed by atoms with Crippen LogP contribution in [0.3, 0.4) is 0 Å². The number of likely N-dealkylation sites (tertiary alicyclic amines) is 1. The van der Waals surface area contributed by atoms with E-state index in [0.29, 0.717) is 25.7 Å². The smallest absolute Gasteiger partial charge is 0.225 e. The van der Waals surface area contributed by atoms with Crippen LogP contribution in [0.2, 0.25) is 0 Å². The number of hydrogen-bond donors (Lipinski definition) is 1. The van der Waals surface area contributed by atoms with Gasteiger partial charge < -0.3 is 24.4 Å². The molecule has 8 nitrogen and oxygen atoms in total. The van der Waals surface area contributed by atoms with Crippen LogP contribution >= 0.6 is 24.0 Å². The van der Waals surface area contributed by atoms with Crippen molar-refractivity contribution in [3.05, 3.63) is 17.5 Å². The average Bonchev–Trinajstić information content (AvgIpc) is 3.24. The first-order valence-corrected chi connectivity index (χ1v) is 10.9. The van der Waals surface area contributed by atoms with E-state index in [2.05, 4.69) is 34.2 Å². The third kappa shape index (κ3) is 6.32. The van der Waals surface area contributed by atoms with Crippen molar-refractivity contribution in [3.8, 4) is 0 Å². The Morgan fingerprint density at radius 2 is 1.87 bits per heavy atom. The number of aliphatic imine (C=N–C) groups is 1. The van der Waals surface area contributed by atoms with Gasteiger partial charge in [-0.2, -0.15) is 0 Å². The minimum absolute atomic E-state index is 0. The van der Waals surface area contributed by atoms with Gasteiger partial charge in [-0.15, -0.1) is 24.0 Å². The molecule has 30 heavy (non-hydrogen) atoms. The summed E-state index contributed by atoms with van der Waals surface area (Å²) >= 11 is 0. The lowest BCUT2D eigenvalue weighted by Crippen LogP contribution is -2.49. The molecule has 2 aliphatic heterocycles. The van der Waals surface area contributed by atoms with Gasteiger partial charge in [-0.3, -0.25) is 9.79 Å². The van der Waals surface area contributed by atoms with Crippen LogP contribution in [0, 0.1) is 5.92 Å². The number of halogens is 1. The van der Waals surface area contributed by atoms with E-state index in [1.54, 1.807) is 7.05 Å². The summed E-state index contributed by atoms with van der Waals surface area (Å²) in [5, 5.41) is 7.61. The van der Waals surface area contributed by atoms with E-state index >= 15 is 0 Å². The van der Waals surface area contributed by atoms with Gasteiger partial charge >= 0.3 is 0 Å². The summed E-state index contributed by atoms with van der Waals surface area (Å²) in [6.45, 7) is 9.32. The molecule has 2 aliphatic rings. The van der Waals surface area contributed by atoms with Crippen molar-refractivity contribution in [2.24, 2.45) is 10.9 Å². The van der Waals surface area contributed by atoms with Crippen molar-refractivity contribution in [2.75, 3.05) is 46.4 Å². The molecule has 2 fully saturated rings. The third-order valence-electron chi connectivity index (χ3n) is 6.08. The summed E-state index contributed by atoms with van der Waals surface area (Å²) in [7, 11) is 1.79. The summed E-state index contributed by atoms with van der Waals surface area (Å²) in [4.78, 5) is 21.3. The number of guanidine groups is 1. The first-order valence-electron chi connectivity index (χ1n) is 10.9. The molecule has 9 heteroatoms. The van der Waals surface area contributed by atoms with E-state index in [1.807, 2.05) is 11.0 Å². The molecule has 1 aromatic rings. The van der Waals surface area contributed by atoms with E-state index in [9.17, 15) is 4.79 Å². The quantitative estimate of drug-likeness (QED) is 0.344. The summed E-state index contributed by atoms with van der Waals surface area (Å²) < 4.78 is 10.9. The Bertz CT molecular complexity index is 678. The number of nitrogens with zero attached hydrogens (tertiary/aromatic N) is 4. The minimum Gasteiger partial charge on any atom is -0.378 e. The average molecular weight is 533 g/mol. The maximum atomic E-state index is 12.7. The molecular formula is C21H36IN5O3. The number of amides is 1. The van der Waals surface area contributed by atoms with Gasteiger partial charge in [0.1, 0.15) is 0 Å². The number of aromatic nitrogens is 1. The highest BCUT2D eigenvalue weighted by molar-refractivity contribution is 14.0. The maximum absolute atomic E-state index is 12.7. The lowest BCUT2D eigenvalue weighted by atomic mass is 9.95. The van der Waals surface area contributed by atoms with Gasteiger partial charge in [0, 0.05) is 51.1 Å². The van der Waals surface area contributed by atoms with Gasteiger partial charge in [-0.05, 0) is 25.7 Å². The number of piperidine rings is 1. The molecule has 1 amide bonds. The normalized spacial score (nSPS) is 18.5. The third-order valence-corrected chi connectivity index (χ3v) is 6.08. The van der Waals surface area contributed by atoms with Crippen LogP contribution in [0.15, 0.2) is 15.6 Å². The van der Waals surface area contributed by atoms with Crippen LogP contribution in [0.25, 0.3) is 0 Å². The molecule has 0 saturated carbocycles. The highest BCUT2D eigenvalue weighted by Gasteiger charge is 2.30. The number of carbonyl (C=O) groups is 1. The zero-order chi connectivity index (χ0) is 20.6. The van der Waals surface area contributed by atoms with Crippen LogP contribution in [0.4, 0.5) is 0 Å². The topological polar surface area (TPSA) is 83.2 Å². The second-order valence-electron chi connectivity index (χ2n) is 7.83. The van der Waals surface area contributed by atoms with Crippen molar-refractivity contribution in [1.82, 2.24) is 20.3 Å². The van der Waals surface area contributed by atoms with Gasteiger partial charge in [-0.25, -0.2) is 0 Å². The molecule has 0 radical (unpaired) electrons. The van der Waals surface area contributed by atoms with Crippen LogP contribution in [0.1, 0.15) is 56.9 Å². The van der Waals surface area contributed by atoms with Gasteiger partial charge in [-0.1, -0.05) is 19.0 Å². The molecule has 0 aliphatic carbocycles. The van der Waals surface area contributed by atoms with Gasteiger partial charge in [0.25, 0.3) is 0 Å². The maximum Gasteiger partial charge on any atom is 0.225 e. The summed E-state index contributed by atoms with van der Waals surface area (Å²) in [6.07, 6.45) is 3.85. The van der Waals surface area contributed by atoms with Gasteiger partial charge in [0.2, 0.25) is 5.91 Å². The Kier molecular flexibility index (Phi) is 10.4. The summed E-state index contributed by atoms with van der Waals surface area (Å²) in [6, 6.07) is 2.05. The largest absolute Gasteiger partial charge is 0.378 e. The molecule has 1 N–H and O–H groups in total. The number of carbonyl (C=O) groups excluding carboxylic acids is 1. The lowest BCUT2D eigenvalue weighted by Gasteiger charge is -2.36. The predicted octanol–water partition coefficient (Wildman–Crippen LogP) is 2.84. The number of hydrogen-bond acceptors (Lipinski definition) is 5.